The standard InChI is InChI=1S/C52H40O4P2/c1-33(53)39-19-9-13-25-45(39)57(46-26-14-10-20-40(46)34(2)54)49-31-29-37-17-5-7-23-43(37)51(49)52-44-24-8-6-18-38(44)30-32-50(52)58(47-27-15-11-21-41(47)35(3)55)48-28-16-12-22-42(48)36(4)56/h5-32H,1-4H3. The van der Waals surface area contributed by atoms with Crippen LogP contribution in [0, 0.1) is 0 Å². The zero-order valence-electron chi connectivity index (χ0n) is 32.7. The molecule has 0 saturated heterocycles. The molecule has 0 atom stereocenters. The van der Waals surface area contributed by atoms with Crippen LogP contribution in [0.2, 0.25) is 0 Å². The van der Waals surface area contributed by atoms with Crippen LogP contribution in [0.25, 0.3) is 32.7 Å². The lowest BCUT2D eigenvalue weighted by atomic mass is 9.93. The van der Waals surface area contributed by atoms with E-state index in [4.69, 9.17) is 0 Å². The molecule has 0 amide bonds. The number of hydrogen-bond acceptors (Lipinski definition) is 4. The third-order valence-electron chi connectivity index (χ3n) is 10.6. The minimum atomic E-state index is -1.54. The van der Waals surface area contributed by atoms with Gasteiger partial charge in [-0.3, -0.25) is 19.2 Å². The van der Waals surface area contributed by atoms with Crippen LogP contribution in [0.5, 0.6) is 0 Å². The normalized spacial score (nSPS) is 11.3. The van der Waals surface area contributed by atoms with Gasteiger partial charge in [0.15, 0.2) is 23.1 Å². The topological polar surface area (TPSA) is 68.3 Å². The van der Waals surface area contributed by atoms with E-state index >= 15 is 0 Å². The minimum absolute atomic E-state index is 0.0539. The molecule has 0 saturated carbocycles. The van der Waals surface area contributed by atoms with Crippen LogP contribution in [0.1, 0.15) is 69.1 Å². The maximum Gasteiger partial charge on any atom is 0.160 e. The van der Waals surface area contributed by atoms with Gasteiger partial charge in [0.1, 0.15) is 0 Å². The van der Waals surface area contributed by atoms with Crippen LogP contribution in [0.3, 0.4) is 0 Å². The molecule has 8 rings (SSSR count). The first-order chi connectivity index (χ1) is 28.2. The van der Waals surface area contributed by atoms with E-state index in [1.165, 1.54) is 0 Å². The molecule has 0 unspecified atom stereocenters. The van der Waals surface area contributed by atoms with E-state index in [-0.39, 0.29) is 23.1 Å². The smallest absolute Gasteiger partial charge is 0.160 e. The molecule has 0 aromatic heterocycles. The lowest BCUT2D eigenvalue weighted by molar-refractivity contribution is 0.101. The molecule has 282 valence electrons. The lowest BCUT2D eigenvalue weighted by Gasteiger charge is -2.30. The maximum absolute atomic E-state index is 13.5. The molecule has 8 aromatic rings. The average molecular weight is 791 g/mol. The molecule has 0 radical (unpaired) electrons. The number of carbonyl (C=O) groups excluding carboxylic acids is 4. The second-order valence-electron chi connectivity index (χ2n) is 14.3. The van der Waals surface area contributed by atoms with E-state index in [9.17, 15) is 19.2 Å². The molecule has 0 fully saturated rings. The van der Waals surface area contributed by atoms with E-state index in [2.05, 4.69) is 60.7 Å². The second-order valence-corrected chi connectivity index (χ2v) is 18.6. The first-order valence-electron chi connectivity index (χ1n) is 19.2. The molecule has 6 heteroatoms. The summed E-state index contributed by atoms with van der Waals surface area (Å²) in [6.07, 6.45) is 0. The molecule has 8 aromatic carbocycles. The summed E-state index contributed by atoms with van der Waals surface area (Å²) in [5.41, 5.74) is 4.41. The lowest BCUT2D eigenvalue weighted by Crippen LogP contribution is -2.31. The van der Waals surface area contributed by atoms with Crippen molar-refractivity contribution >= 4 is 92.3 Å². The Hall–Kier alpha value is -6.18. The number of rotatable bonds is 11. The SMILES string of the molecule is CC(=O)c1ccccc1P(c1ccccc1C(C)=O)c1ccc2ccccc2c1-c1c(P(c2ccccc2C(C)=O)c2ccccc2C(C)=O)ccc2ccccc12. The van der Waals surface area contributed by atoms with E-state index < -0.39 is 15.8 Å². The van der Waals surface area contributed by atoms with Crippen molar-refractivity contribution in [2.24, 2.45) is 0 Å². The third-order valence-corrected chi connectivity index (χ3v) is 15.8. The number of benzene rings is 8. The van der Waals surface area contributed by atoms with Crippen LogP contribution in [-0.2, 0) is 0 Å². The minimum Gasteiger partial charge on any atom is -0.294 e. The Morgan fingerprint density at radius 2 is 0.552 bits per heavy atom. The van der Waals surface area contributed by atoms with Gasteiger partial charge in [0.2, 0.25) is 0 Å². The molecule has 0 aliphatic heterocycles. The molecule has 4 nitrogen and oxygen atoms in total. The maximum atomic E-state index is 13.5. The first-order valence-corrected chi connectivity index (χ1v) is 21.9. The van der Waals surface area contributed by atoms with Gasteiger partial charge in [-0.25, -0.2) is 0 Å². The highest BCUT2D eigenvalue weighted by molar-refractivity contribution is 7.81. The summed E-state index contributed by atoms with van der Waals surface area (Å²) in [6.45, 7) is 6.39. The number of carbonyl (C=O) groups is 4. The van der Waals surface area contributed by atoms with Gasteiger partial charge in [-0.1, -0.05) is 170 Å². The Balaban J connectivity index is 1.60. The Morgan fingerprint density at radius 1 is 0.293 bits per heavy atom. The van der Waals surface area contributed by atoms with Crippen LogP contribution in [0.15, 0.2) is 170 Å². The Morgan fingerprint density at radius 3 is 0.845 bits per heavy atom. The van der Waals surface area contributed by atoms with Crippen molar-refractivity contribution < 1.29 is 19.2 Å². The third kappa shape index (κ3) is 7.05. The van der Waals surface area contributed by atoms with Gasteiger partial charge in [0.25, 0.3) is 0 Å². The molecule has 0 heterocycles. The fourth-order valence-electron chi connectivity index (χ4n) is 8.06. The summed E-state index contributed by atoms with van der Waals surface area (Å²) in [7, 11) is -3.08. The van der Waals surface area contributed by atoms with Crippen molar-refractivity contribution in [1.82, 2.24) is 0 Å². The van der Waals surface area contributed by atoms with Gasteiger partial charge in [0.05, 0.1) is 0 Å². The van der Waals surface area contributed by atoms with Gasteiger partial charge in [0, 0.05) is 22.3 Å². The Labute approximate surface area is 341 Å². The summed E-state index contributed by atoms with van der Waals surface area (Å²) < 4.78 is 0. The van der Waals surface area contributed by atoms with E-state index in [1.54, 1.807) is 27.7 Å². The fraction of sp³-hybridized carbons (Fsp3) is 0.0769. The van der Waals surface area contributed by atoms with E-state index in [0.29, 0.717) is 22.3 Å². The number of ketones is 4. The predicted molar refractivity (Wildman–Crippen MR) is 244 cm³/mol. The monoisotopic (exact) mass is 790 g/mol. The zero-order chi connectivity index (χ0) is 40.5. The molecule has 58 heavy (non-hydrogen) atoms. The summed E-state index contributed by atoms with van der Waals surface area (Å²) in [6, 6.07) is 56.4. The summed E-state index contributed by atoms with van der Waals surface area (Å²) in [5, 5.41) is 9.53. The molecular formula is C52H40O4P2. The molecule has 0 aliphatic carbocycles. The summed E-state index contributed by atoms with van der Waals surface area (Å²) in [5.74, 6) is -0.216. The van der Waals surface area contributed by atoms with Gasteiger partial charge >= 0.3 is 0 Å². The highest BCUT2D eigenvalue weighted by atomic mass is 31.1. The second kappa shape index (κ2) is 16.4. The summed E-state index contributed by atoms with van der Waals surface area (Å²) >= 11 is 0. The number of fused-ring (bicyclic) bond motifs is 2. The first kappa shape index (κ1) is 38.7. The van der Waals surface area contributed by atoms with Crippen molar-refractivity contribution in [2.45, 2.75) is 27.7 Å². The van der Waals surface area contributed by atoms with Gasteiger partial charge in [-0.2, -0.15) is 0 Å². The van der Waals surface area contributed by atoms with Gasteiger partial charge in [-0.05, 0) is 108 Å². The Bertz CT molecular complexity index is 2630. The molecule has 0 N–H and O–H groups in total. The molecule has 0 spiro atoms. The number of hydrogen-bond donors (Lipinski definition) is 0. The van der Waals surface area contributed by atoms with Crippen LogP contribution >= 0.6 is 15.8 Å². The largest absolute Gasteiger partial charge is 0.294 e. The van der Waals surface area contributed by atoms with Crippen molar-refractivity contribution in [2.75, 3.05) is 0 Å². The van der Waals surface area contributed by atoms with Crippen LogP contribution < -0.4 is 31.8 Å². The number of Topliss-reactive ketones (excluding diaryl/α,β-unsaturated/α-hetero) is 4. The van der Waals surface area contributed by atoms with Crippen LogP contribution in [-0.4, -0.2) is 23.1 Å². The van der Waals surface area contributed by atoms with Crippen molar-refractivity contribution in [3.05, 3.63) is 192 Å². The van der Waals surface area contributed by atoms with E-state index in [0.717, 1.165) is 64.5 Å². The quantitative estimate of drug-likeness (QED) is 0.0967. The van der Waals surface area contributed by atoms with Crippen LogP contribution in [0.4, 0.5) is 0 Å². The van der Waals surface area contributed by atoms with Gasteiger partial charge in [-0.15, -0.1) is 0 Å². The highest BCUT2D eigenvalue weighted by Crippen LogP contribution is 2.47. The van der Waals surface area contributed by atoms with Crippen molar-refractivity contribution in [3.8, 4) is 11.1 Å². The fourth-order valence-corrected chi connectivity index (χ4v) is 13.8. The molecular weight excluding hydrogens is 751 g/mol. The van der Waals surface area contributed by atoms with Gasteiger partial charge < -0.3 is 0 Å². The molecule has 0 aliphatic rings. The Kier molecular flexibility index (Phi) is 10.9. The summed E-state index contributed by atoms with van der Waals surface area (Å²) in [4.78, 5) is 54.1. The predicted octanol–water partition coefficient (Wildman–Crippen LogP) is 9.99. The van der Waals surface area contributed by atoms with Crippen molar-refractivity contribution in [3.63, 3.8) is 0 Å². The average Bonchev–Trinajstić information content (AvgIpc) is 3.24. The zero-order valence-corrected chi connectivity index (χ0v) is 34.5. The highest BCUT2D eigenvalue weighted by Gasteiger charge is 2.32. The molecule has 0 bridgehead atoms. The van der Waals surface area contributed by atoms with E-state index in [1.807, 2.05) is 109 Å². The van der Waals surface area contributed by atoms with Crippen molar-refractivity contribution in [1.29, 1.82) is 0 Å².